The molecule has 0 aliphatic rings. The molecule has 31 heavy (non-hydrogen) atoms. The van der Waals surface area contributed by atoms with Gasteiger partial charge in [-0.1, -0.05) is 19.1 Å². The minimum Gasteiger partial charge on any atom is -0.443 e. The molecular formula is C24H30N4O3. The van der Waals surface area contributed by atoms with E-state index in [1.54, 1.807) is 47.0 Å². The van der Waals surface area contributed by atoms with Gasteiger partial charge in [-0.25, -0.2) is 14.6 Å². The number of anilines is 1. The first-order valence-electron chi connectivity index (χ1n) is 10.3. The maximum Gasteiger partial charge on any atom is 0.423 e. The van der Waals surface area contributed by atoms with E-state index in [0.29, 0.717) is 5.69 Å². The molecule has 0 unspecified atom stereocenters. The van der Waals surface area contributed by atoms with Crippen LogP contribution in [0.4, 0.5) is 15.3 Å². The second-order valence-electron chi connectivity index (χ2n) is 8.74. The summed E-state index contributed by atoms with van der Waals surface area (Å²) in [7, 11) is 3.19. The summed E-state index contributed by atoms with van der Waals surface area (Å²) in [6.45, 7) is 9.49. The fourth-order valence-corrected chi connectivity index (χ4v) is 3.47. The fourth-order valence-electron chi connectivity index (χ4n) is 3.47. The van der Waals surface area contributed by atoms with Crippen molar-refractivity contribution in [2.24, 2.45) is 0 Å². The molecule has 0 fully saturated rings. The maximum absolute atomic E-state index is 12.7. The van der Waals surface area contributed by atoms with E-state index in [0.717, 1.165) is 39.2 Å². The lowest BCUT2D eigenvalue weighted by molar-refractivity contribution is 0.0588. The van der Waals surface area contributed by atoms with E-state index in [1.807, 2.05) is 18.3 Å². The van der Waals surface area contributed by atoms with Crippen molar-refractivity contribution in [3.63, 3.8) is 0 Å². The van der Waals surface area contributed by atoms with E-state index in [1.165, 1.54) is 10.5 Å². The van der Waals surface area contributed by atoms with Crippen molar-refractivity contribution in [2.45, 2.75) is 46.6 Å². The molecule has 2 aromatic heterocycles. The summed E-state index contributed by atoms with van der Waals surface area (Å²) in [5.74, 6) is 0. The molecule has 3 rings (SSSR count). The number of aromatic nitrogens is 2. The highest BCUT2D eigenvalue weighted by Gasteiger charge is 2.30. The van der Waals surface area contributed by atoms with Crippen molar-refractivity contribution in [2.75, 3.05) is 19.0 Å². The lowest BCUT2D eigenvalue weighted by Gasteiger charge is -2.28. The van der Waals surface area contributed by atoms with Crippen molar-refractivity contribution in [3.05, 3.63) is 47.8 Å². The van der Waals surface area contributed by atoms with E-state index in [-0.39, 0.29) is 0 Å². The van der Waals surface area contributed by atoms with Gasteiger partial charge < -0.3 is 14.6 Å². The van der Waals surface area contributed by atoms with Crippen LogP contribution in [0.3, 0.4) is 0 Å². The molecule has 0 saturated carbocycles. The highest BCUT2D eigenvalue weighted by atomic mass is 16.6. The molecule has 3 aromatic rings. The highest BCUT2D eigenvalue weighted by Crippen LogP contribution is 2.29. The van der Waals surface area contributed by atoms with Crippen molar-refractivity contribution < 1.29 is 14.3 Å². The number of amides is 3. The van der Waals surface area contributed by atoms with Gasteiger partial charge >= 0.3 is 12.1 Å². The number of urea groups is 1. The second kappa shape index (κ2) is 8.41. The number of benzene rings is 1. The Morgan fingerprint density at radius 2 is 1.74 bits per heavy atom. The Morgan fingerprint density at radius 1 is 1.10 bits per heavy atom. The number of ether oxygens (including phenoxy) is 1. The molecule has 1 N–H and O–H groups in total. The Kier molecular flexibility index (Phi) is 6.06. The number of nitrogens with zero attached hydrogens (tertiary/aromatic N) is 3. The summed E-state index contributed by atoms with van der Waals surface area (Å²) in [4.78, 5) is 35.7. The van der Waals surface area contributed by atoms with Crippen LogP contribution in [0.1, 0.15) is 39.0 Å². The smallest absolute Gasteiger partial charge is 0.423 e. The zero-order valence-corrected chi connectivity index (χ0v) is 19.2. The first-order chi connectivity index (χ1) is 14.5. The van der Waals surface area contributed by atoms with Crippen LogP contribution in [0.15, 0.2) is 36.5 Å². The van der Waals surface area contributed by atoms with Gasteiger partial charge in [-0.15, -0.1) is 0 Å². The van der Waals surface area contributed by atoms with Gasteiger partial charge in [0.25, 0.3) is 0 Å². The molecule has 1 aromatic carbocycles. The first kappa shape index (κ1) is 22.3. The van der Waals surface area contributed by atoms with E-state index in [9.17, 15) is 9.59 Å². The van der Waals surface area contributed by atoms with Gasteiger partial charge in [0.05, 0.1) is 5.69 Å². The predicted octanol–water partition coefficient (Wildman–Crippen LogP) is 5.52. The van der Waals surface area contributed by atoms with Crippen molar-refractivity contribution in [1.82, 2.24) is 14.9 Å². The summed E-state index contributed by atoms with van der Waals surface area (Å²) in [6, 6.07) is 8.89. The van der Waals surface area contributed by atoms with Gasteiger partial charge in [0, 0.05) is 36.9 Å². The Labute approximate surface area is 183 Å². The van der Waals surface area contributed by atoms with Gasteiger partial charge in [0.2, 0.25) is 0 Å². The number of aryl methyl sites for hydroxylation is 2. The zero-order chi connectivity index (χ0) is 22.9. The van der Waals surface area contributed by atoms with Crippen molar-refractivity contribution in [1.29, 1.82) is 0 Å². The van der Waals surface area contributed by atoms with Crippen LogP contribution in [0, 0.1) is 6.92 Å². The monoisotopic (exact) mass is 422 g/mol. The maximum atomic E-state index is 12.7. The van der Waals surface area contributed by atoms with E-state index in [2.05, 4.69) is 29.9 Å². The van der Waals surface area contributed by atoms with Crippen LogP contribution in [0.5, 0.6) is 0 Å². The number of hydrogen-bond acceptors (Lipinski definition) is 4. The molecule has 0 spiro atoms. The third kappa shape index (κ3) is 4.71. The SMILES string of the molecule is CCc1c(C)[nH]c2ncc(-c3ccc(N(C(=O)OC(C)(C)C)C(=O)N(C)C)cc3)cc12. The zero-order valence-electron chi connectivity index (χ0n) is 19.2. The number of imide groups is 1. The van der Waals surface area contributed by atoms with Gasteiger partial charge in [0.15, 0.2) is 0 Å². The Hall–Kier alpha value is -3.35. The van der Waals surface area contributed by atoms with Gasteiger partial charge in [-0.2, -0.15) is 4.90 Å². The standard InChI is InChI=1S/C24H30N4O3/c1-8-19-15(2)26-21-20(19)13-17(14-25-21)16-9-11-18(12-10-16)28(22(29)27(6)7)23(30)31-24(3,4)5/h9-14H,8H2,1-7H3,(H,25,26). The van der Waals surface area contributed by atoms with E-state index in [4.69, 9.17) is 4.74 Å². The van der Waals surface area contributed by atoms with Crippen LogP contribution in [0.2, 0.25) is 0 Å². The van der Waals surface area contributed by atoms with Gasteiger partial charge in [-0.3, -0.25) is 0 Å². The molecule has 0 aliphatic heterocycles. The summed E-state index contributed by atoms with van der Waals surface area (Å²) >= 11 is 0. The molecule has 0 saturated heterocycles. The molecule has 0 aliphatic carbocycles. The van der Waals surface area contributed by atoms with E-state index >= 15 is 0 Å². The Balaban J connectivity index is 1.97. The van der Waals surface area contributed by atoms with Crippen LogP contribution in [0.25, 0.3) is 22.2 Å². The van der Waals surface area contributed by atoms with Crippen LogP contribution >= 0.6 is 0 Å². The summed E-state index contributed by atoms with van der Waals surface area (Å²) in [5, 5.41) is 1.11. The number of H-pyrrole nitrogens is 1. The molecule has 0 bridgehead atoms. The lowest BCUT2D eigenvalue weighted by Crippen LogP contribution is -2.45. The van der Waals surface area contributed by atoms with Gasteiger partial charge in [-0.05, 0) is 63.4 Å². The highest BCUT2D eigenvalue weighted by molar-refractivity contribution is 6.11. The number of carbonyl (C=O) groups is 2. The third-order valence-corrected chi connectivity index (χ3v) is 4.93. The van der Waals surface area contributed by atoms with Crippen molar-refractivity contribution in [3.8, 4) is 11.1 Å². The number of rotatable bonds is 3. The predicted molar refractivity (Wildman–Crippen MR) is 123 cm³/mol. The van der Waals surface area contributed by atoms with Crippen molar-refractivity contribution >= 4 is 28.8 Å². The molecule has 3 amide bonds. The second-order valence-corrected chi connectivity index (χ2v) is 8.74. The Morgan fingerprint density at radius 3 is 2.29 bits per heavy atom. The normalized spacial score (nSPS) is 11.5. The number of aromatic amines is 1. The minimum atomic E-state index is -0.714. The molecule has 0 atom stereocenters. The number of hydrogen-bond donors (Lipinski definition) is 1. The van der Waals surface area contributed by atoms with Crippen LogP contribution in [-0.4, -0.2) is 46.7 Å². The quantitative estimate of drug-likeness (QED) is 0.602. The average molecular weight is 423 g/mol. The number of nitrogens with one attached hydrogen (secondary N) is 1. The number of pyridine rings is 1. The summed E-state index contributed by atoms with van der Waals surface area (Å²) < 4.78 is 5.44. The summed E-state index contributed by atoms with van der Waals surface area (Å²) in [6.07, 6.45) is 2.04. The molecule has 0 radical (unpaired) electrons. The first-order valence-corrected chi connectivity index (χ1v) is 10.3. The molecule has 164 valence electrons. The molecule has 7 nitrogen and oxygen atoms in total. The molecular weight excluding hydrogens is 392 g/mol. The lowest BCUT2D eigenvalue weighted by atomic mass is 10.0. The van der Waals surface area contributed by atoms with Crippen LogP contribution in [-0.2, 0) is 11.2 Å². The largest absolute Gasteiger partial charge is 0.443 e. The van der Waals surface area contributed by atoms with Gasteiger partial charge in [0.1, 0.15) is 11.2 Å². The minimum absolute atomic E-state index is 0.442. The molecule has 2 heterocycles. The Bertz CT molecular complexity index is 1110. The fraction of sp³-hybridized carbons (Fsp3) is 0.375. The average Bonchev–Trinajstić information content (AvgIpc) is 3.01. The summed E-state index contributed by atoms with van der Waals surface area (Å²) in [5.41, 5.74) is 4.91. The van der Waals surface area contributed by atoms with E-state index < -0.39 is 17.7 Å². The number of fused-ring (bicyclic) bond motifs is 1. The van der Waals surface area contributed by atoms with Crippen LogP contribution < -0.4 is 4.90 Å². The topological polar surface area (TPSA) is 78.5 Å². The molecule has 7 heteroatoms. The number of carbonyl (C=O) groups excluding carboxylic acids is 2. The third-order valence-electron chi connectivity index (χ3n) is 4.93.